The van der Waals surface area contributed by atoms with Crippen molar-refractivity contribution in [2.24, 2.45) is 5.92 Å². The third-order valence-electron chi connectivity index (χ3n) is 2.40. The van der Waals surface area contributed by atoms with Crippen molar-refractivity contribution in [3.05, 3.63) is 30.3 Å². The first-order valence-corrected chi connectivity index (χ1v) is 5.47. The van der Waals surface area contributed by atoms with Gasteiger partial charge in [-0.15, -0.1) is 3.98 Å². The summed E-state index contributed by atoms with van der Waals surface area (Å²) in [6.07, 6.45) is 2.30. The van der Waals surface area contributed by atoms with Crippen LogP contribution in [0.1, 0.15) is 13.8 Å². The van der Waals surface area contributed by atoms with Crippen LogP contribution in [0.15, 0.2) is 30.3 Å². The van der Waals surface area contributed by atoms with Crippen LogP contribution in [0.2, 0.25) is 0 Å². The molecule has 2 atom stereocenters. The van der Waals surface area contributed by atoms with Crippen LogP contribution in [-0.4, -0.2) is 15.4 Å². The summed E-state index contributed by atoms with van der Waals surface area (Å²) < 4.78 is 2.27. The van der Waals surface area contributed by atoms with E-state index in [2.05, 4.69) is 54.4 Å². The van der Waals surface area contributed by atoms with Crippen molar-refractivity contribution in [3.63, 3.8) is 0 Å². The molecular formula is C11H14ClNS. The van der Waals surface area contributed by atoms with Crippen LogP contribution in [0.4, 0.5) is 5.69 Å². The van der Waals surface area contributed by atoms with E-state index in [-0.39, 0.29) is 12.4 Å². The number of hydrogen-bond acceptors (Lipinski definition) is 1. The molecule has 76 valence electrons. The van der Waals surface area contributed by atoms with E-state index < -0.39 is 0 Å². The summed E-state index contributed by atoms with van der Waals surface area (Å²) in [6.45, 7) is 4.54. The Morgan fingerprint density at radius 3 is 2.29 bits per heavy atom. The lowest BCUT2D eigenvalue weighted by Gasteiger charge is -1.97. The molecule has 2 rings (SSSR count). The zero-order valence-electron chi connectivity index (χ0n) is 8.35. The highest BCUT2D eigenvalue weighted by atomic mass is 35.5. The molecule has 1 nitrogen and oxygen atoms in total. The summed E-state index contributed by atoms with van der Waals surface area (Å²) in [5, 5.41) is 0.695. The number of nitrogens with zero attached hydrogens (tertiary/aromatic N) is 1. The normalized spacial score (nSPS) is 25.4. The fourth-order valence-electron chi connectivity index (χ4n) is 1.37. The lowest BCUT2D eigenvalue weighted by Crippen LogP contribution is -3.00. The van der Waals surface area contributed by atoms with Gasteiger partial charge in [0.2, 0.25) is 5.69 Å². The predicted molar refractivity (Wildman–Crippen MR) is 58.6 cm³/mol. The number of hydrogen-bond donors (Lipinski definition) is 0. The van der Waals surface area contributed by atoms with E-state index in [1.165, 1.54) is 5.69 Å². The fraction of sp³-hybridized carbons (Fsp3) is 0.364. The molecule has 1 aliphatic rings. The van der Waals surface area contributed by atoms with Crippen molar-refractivity contribution < 1.29 is 16.4 Å². The minimum atomic E-state index is 0. The maximum absolute atomic E-state index is 2.30. The third kappa shape index (κ3) is 2.31. The SMILES string of the molecule is CC1C=[N+](c2ccccc2)SC1C.[Cl-]. The standard InChI is InChI=1S/C11H14NS.ClH/c1-9-8-12(13-10(9)2)11-6-4-3-5-7-11;/h3-10H,1-2H3;1H/q+1;/p-1. The molecule has 0 aromatic heterocycles. The Morgan fingerprint density at radius 2 is 1.79 bits per heavy atom. The summed E-state index contributed by atoms with van der Waals surface area (Å²) in [6, 6.07) is 10.5. The van der Waals surface area contributed by atoms with E-state index in [4.69, 9.17) is 0 Å². The summed E-state index contributed by atoms with van der Waals surface area (Å²) in [5.41, 5.74) is 1.28. The van der Waals surface area contributed by atoms with Gasteiger partial charge < -0.3 is 12.4 Å². The Balaban J connectivity index is 0.000000980. The van der Waals surface area contributed by atoms with E-state index >= 15 is 0 Å². The van der Waals surface area contributed by atoms with Crippen LogP contribution in [-0.2, 0) is 0 Å². The van der Waals surface area contributed by atoms with Gasteiger partial charge in [-0.1, -0.05) is 25.1 Å². The molecule has 14 heavy (non-hydrogen) atoms. The quantitative estimate of drug-likeness (QED) is 0.486. The monoisotopic (exact) mass is 227 g/mol. The van der Waals surface area contributed by atoms with Gasteiger partial charge in [0.1, 0.15) is 0 Å². The topological polar surface area (TPSA) is 3.01 Å². The van der Waals surface area contributed by atoms with Crippen LogP contribution in [0.3, 0.4) is 0 Å². The molecule has 3 heteroatoms. The first-order valence-electron chi connectivity index (χ1n) is 4.63. The van der Waals surface area contributed by atoms with Crippen molar-refractivity contribution in [2.75, 3.05) is 0 Å². The predicted octanol–water partition coefficient (Wildman–Crippen LogP) is 0.0918. The Bertz CT molecular complexity index is 323. The molecule has 0 N–H and O–H groups in total. The number of para-hydroxylation sites is 1. The highest BCUT2D eigenvalue weighted by Gasteiger charge is 2.30. The van der Waals surface area contributed by atoms with Gasteiger partial charge in [0, 0.05) is 12.1 Å². The molecule has 0 fully saturated rings. The molecule has 1 aromatic rings. The minimum Gasteiger partial charge on any atom is -1.00 e. The Hall–Kier alpha value is -0.470. The lowest BCUT2D eigenvalue weighted by atomic mass is 10.1. The molecule has 2 unspecified atom stereocenters. The smallest absolute Gasteiger partial charge is 0.218 e. The Labute approximate surface area is 95.8 Å². The molecule has 0 spiro atoms. The van der Waals surface area contributed by atoms with Gasteiger partial charge in [-0.25, -0.2) is 0 Å². The molecule has 0 amide bonds. The van der Waals surface area contributed by atoms with Crippen molar-refractivity contribution in [1.82, 2.24) is 0 Å². The Kier molecular flexibility index (Phi) is 4.02. The van der Waals surface area contributed by atoms with Gasteiger partial charge in [-0.3, -0.25) is 0 Å². The van der Waals surface area contributed by atoms with Crippen molar-refractivity contribution in [3.8, 4) is 0 Å². The van der Waals surface area contributed by atoms with Gasteiger partial charge in [0.05, 0.1) is 11.2 Å². The van der Waals surface area contributed by atoms with Crippen LogP contribution in [0.25, 0.3) is 0 Å². The molecule has 0 bridgehead atoms. The largest absolute Gasteiger partial charge is 1.00 e. The average Bonchev–Trinajstić information content (AvgIpc) is 2.49. The van der Waals surface area contributed by atoms with Crippen LogP contribution in [0, 0.1) is 5.92 Å². The Morgan fingerprint density at radius 1 is 1.14 bits per heavy atom. The van der Waals surface area contributed by atoms with E-state index in [0.717, 1.165) is 0 Å². The van der Waals surface area contributed by atoms with Crippen molar-refractivity contribution in [2.45, 2.75) is 19.1 Å². The van der Waals surface area contributed by atoms with Gasteiger partial charge in [0.25, 0.3) is 0 Å². The van der Waals surface area contributed by atoms with E-state index in [9.17, 15) is 0 Å². The second-order valence-electron chi connectivity index (χ2n) is 3.48. The summed E-state index contributed by atoms with van der Waals surface area (Å²) in [4.78, 5) is 0. The van der Waals surface area contributed by atoms with E-state index in [1.54, 1.807) is 0 Å². The second kappa shape index (κ2) is 4.85. The van der Waals surface area contributed by atoms with Gasteiger partial charge in [-0.05, 0) is 6.92 Å². The van der Waals surface area contributed by atoms with Crippen LogP contribution >= 0.6 is 11.9 Å². The minimum absolute atomic E-state index is 0. The van der Waals surface area contributed by atoms with Crippen molar-refractivity contribution >= 4 is 23.8 Å². The molecular weight excluding hydrogens is 214 g/mol. The zero-order chi connectivity index (χ0) is 9.26. The number of rotatable bonds is 1. The van der Waals surface area contributed by atoms with Gasteiger partial charge in [-0.2, -0.15) is 0 Å². The van der Waals surface area contributed by atoms with E-state index in [1.807, 2.05) is 11.9 Å². The first-order chi connectivity index (χ1) is 6.27. The first kappa shape index (κ1) is 11.6. The average molecular weight is 228 g/mol. The maximum atomic E-state index is 2.30. The molecule has 0 saturated heterocycles. The highest BCUT2D eigenvalue weighted by Crippen LogP contribution is 2.31. The molecule has 0 radical (unpaired) electrons. The highest BCUT2D eigenvalue weighted by molar-refractivity contribution is 7.94. The van der Waals surface area contributed by atoms with Gasteiger partial charge in [0.15, 0.2) is 18.2 Å². The summed E-state index contributed by atoms with van der Waals surface area (Å²) >= 11 is 1.90. The molecule has 1 aromatic carbocycles. The number of halogens is 1. The lowest BCUT2D eigenvalue weighted by molar-refractivity contribution is -0.230. The fourth-order valence-corrected chi connectivity index (χ4v) is 2.49. The summed E-state index contributed by atoms with van der Waals surface area (Å²) in [7, 11) is 0. The summed E-state index contributed by atoms with van der Waals surface area (Å²) in [5.74, 6) is 0.671. The van der Waals surface area contributed by atoms with E-state index in [0.29, 0.717) is 11.2 Å². The molecule has 1 heterocycles. The van der Waals surface area contributed by atoms with Crippen LogP contribution in [0.5, 0.6) is 0 Å². The molecule has 1 aliphatic heterocycles. The second-order valence-corrected chi connectivity index (χ2v) is 4.83. The third-order valence-corrected chi connectivity index (χ3v) is 3.72. The van der Waals surface area contributed by atoms with Crippen molar-refractivity contribution in [1.29, 1.82) is 0 Å². The number of benzene rings is 1. The van der Waals surface area contributed by atoms with Gasteiger partial charge >= 0.3 is 0 Å². The zero-order valence-corrected chi connectivity index (χ0v) is 9.92. The van der Waals surface area contributed by atoms with Crippen LogP contribution < -0.4 is 12.4 Å². The molecule has 0 aliphatic carbocycles. The molecule has 0 saturated carbocycles. The maximum Gasteiger partial charge on any atom is 0.218 e.